The molecule has 1 N–H and O–H groups in total. The van der Waals surface area contributed by atoms with Crippen molar-refractivity contribution in [3.8, 4) is 0 Å². The Bertz CT molecular complexity index is 310. The van der Waals surface area contributed by atoms with Gasteiger partial charge in [-0.15, -0.1) is 11.3 Å². The van der Waals surface area contributed by atoms with Gasteiger partial charge < -0.3 is 5.32 Å². The van der Waals surface area contributed by atoms with Crippen molar-refractivity contribution >= 4 is 11.3 Å². The average Bonchev–Trinajstić information content (AvgIpc) is 2.68. The Balaban J connectivity index is 2.33. The molecule has 1 aliphatic heterocycles. The van der Waals surface area contributed by atoms with Crippen molar-refractivity contribution in [1.29, 1.82) is 0 Å². The van der Waals surface area contributed by atoms with Gasteiger partial charge >= 0.3 is 0 Å². The first-order chi connectivity index (χ1) is 7.32. The molecule has 0 fully saturated rings. The minimum absolute atomic E-state index is 0.303. The highest BCUT2D eigenvalue weighted by Gasteiger charge is 2.34. The SMILES string of the molecule is CCCC1(CCC)NCCc2sccc21. The van der Waals surface area contributed by atoms with Crippen LogP contribution in [0.5, 0.6) is 0 Å². The lowest BCUT2D eigenvalue weighted by molar-refractivity contribution is 0.268. The first-order valence-electron chi connectivity index (χ1n) is 6.14. The molecule has 84 valence electrons. The molecule has 2 heterocycles. The number of thiophene rings is 1. The van der Waals surface area contributed by atoms with E-state index in [4.69, 9.17) is 0 Å². The van der Waals surface area contributed by atoms with Gasteiger partial charge in [-0.25, -0.2) is 0 Å². The molecule has 1 nitrogen and oxygen atoms in total. The van der Waals surface area contributed by atoms with Gasteiger partial charge in [0.2, 0.25) is 0 Å². The fraction of sp³-hybridized carbons (Fsp3) is 0.692. The van der Waals surface area contributed by atoms with E-state index >= 15 is 0 Å². The summed E-state index contributed by atoms with van der Waals surface area (Å²) in [5.41, 5.74) is 1.90. The van der Waals surface area contributed by atoms with Gasteiger partial charge in [0, 0.05) is 17.0 Å². The Morgan fingerprint density at radius 3 is 2.73 bits per heavy atom. The lowest BCUT2D eigenvalue weighted by Gasteiger charge is -2.39. The number of hydrogen-bond acceptors (Lipinski definition) is 2. The standard InChI is InChI=1S/C13H21NS/c1-3-7-13(8-4-2)11-6-10-15-12(11)5-9-14-13/h6,10,14H,3-5,7-9H2,1-2H3. The quantitative estimate of drug-likeness (QED) is 0.821. The van der Waals surface area contributed by atoms with Crippen molar-refractivity contribution < 1.29 is 0 Å². The smallest absolute Gasteiger partial charge is 0.0445 e. The van der Waals surface area contributed by atoms with Crippen LogP contribution in [0.2, 0.25) is 0 Å². The highest BCUT2D eigenvalue weighted by atomic mass is 32.1. The van der Waals surface area contributed by atoms with E-state index in [1.807, 2.05) is 11.3 Å². The van der Waals surface area contributed by atoms with Crippen LogP contribution >= 0.6 is 11.3 Å². The van der Waals surface area contributed by atoms with Gasteiger partial charge in [0.1, 0.15) is 0 Å². The zero-order valence-corrected chi connectivity index (χ0v) is 10.6. The van der Waals surface area contributed by atoms with Crippen molar-refractivity contribution in [1.82, 2.24) is 5.32 Å². The summed E-state index contributed by atoms with van der Waals surface area (Å²) in [5, 5.41) is 6.05. The van der Waals surface area contributed by atoms with Crippen LogP contribution in [0, 0.1) is 0 Å². The van der Waals surface area contributed by atoms with Gasteiger partial charge in [-0.2, -0.15) is 0 Å². The molecule has 0 radical (unpaired) electrons. The molecule has 15 heavy (non-hydrogen) atoms. The van der Waals surface area contributed by atoms with E-state index in [-0.39, 0.29) is 0 Å². The summed E-state index contributed by atoms with van der Waals surface area (Å²) in [7, 11) is 0. The van der Waals surface area contributed by atoms with E-state index in [1.54, 1.807) is 10.4 Å². The Morgan fingerprint density at radius 1 is 1.33 bits per heavy atom. The molecule has 0 spiro atoms. The predicted octanol–water partition coefficient (Wildman–Crippen LogP) is 3.69. The molecule has 1 aromatic heterocycles. The first kappa shape index (κ1) is 11.2. The first-order valence-corrected chi connectivity index (χ1v) is 7.02. The van der Waals surface area contributed by atoms with Crippen molar-refractivity contribution in [2.45, 2.75) is 51.5 Å². The fourth-order valence-corrected chi connectivity index (χ4v) is 3.87. The van der Waals surface area contributed by atoms with Gasteiger partial charge in [0.25, 0.3) is 0 Å². The monoisotopic (exact) mass is 223 g/mol. The van der Waals surface area contributed by atoms with Gasteiger partial charge in [-0.1, -0.05) is 26.7 Å². The molecule has 0 saturated carbocycles. The third-order valence-corrected chi connectivity index (χ3v) is 4.41. The van der Waals surface area contributed by atoms with Crippen LogP contribution in [0.15, 0.2) is 11.4 Å². The molecule has 0 amide bonds. The molecule has 0 atom stereocenters. The maximum Gasteiger partial charge on any atom is 0.0445 e. The maximum atomic E-state index is 3.78. The molecular weight excluding hydrogens is 202 g/mol. The van der Waals surface area contributed by atoms with Gasteiger partial charge in [-0.3, -0.25) is 0 Å². The van der Waals surface area contributed by atoms with Crippen LogP contribution in [-0.4, -0.2) is 6.54 Å². The van der Waals surface area contributed by atoms with E-state index in [9.17, 15) is 0 Å². The summed E-state index contributed by atoms with van der Waals surface area (Å²) in [6.45, 7) is 5.74. The molecule has 1 aromatic rings. The molecule has 1 aliphatic rings. The molecule has 0 aromatic carbocycles. The lowest BCUT2D eigenvalue weighted by Crippen LogP contribution is -2.46. The summed E-state index contributed by atoms with van der Waals surface area (Å²) < 4.78 is 0. The zero-order chi connectivity index (χ0) is 10.7. The van der Waals surface area contributed by atoms with Gasteiger partial charge in [0.15, 0.2) is 0 Å². The average molecular weight is 223 g/mol. The summed E-state index contributed by atoms with van der Waals surface area (Å²) in [4.78, 5) is 1.62. The third-order valence-electron chi connectivity index (χ3n) is 3.43. The second-order valence-corrected chi connectivity index (χ2v) is 5.52. The van der Waals surface area contributed by atoms with Crippen LogP contribution < -0.4 is 5.32 Å². The van der Waals surface area contributed by atoms with E-state index in [0.29, 0.717) is 5.54 Å². The van der Waals surface area contributed by atoms with E-state index in [1.165, 1.54) is 32.1 Å². The van der Waals surface area contributed by atoms with Crippen molar-refractivity contribution in [3.63, 3.8) is 0 Å². The normalized spacial score (nSPS) is 18.8. The van der Waals surface area contributed by atoms with E-state index < -0.39 is 0 Å². The summed E-state index contributed by atoms with van der Waals surface area (Å²) >= 11 is 1.94. The lowest BCUT2D eigenvalue weighted by atomic mass is 9.79. The van der Waals surface area contributed by atoms with Crippen LogP contribution in [0.1, 0.15) is 50.0 Å². The Kier molecular flexibility index (Phi) is 3.47. The molecular formula is C13H21NS. The largest absolute Gasteiger partial charge is 0.307 e. The van der Waals surface area contributed by atoms with Crippen molar-refractivity contribution in [3.05, 3.63) is 21.9 Å². The van der Waals surface area contributed by atoms with Gasteiger partial charge in [-0.05, 0) is 36.3 Å². The summed E-state index contributed by atoms with van der Waals surface area (Å²) in [5.74, 6) is 0. The van der Waals surface area contributed by atoms with Crippen LogP contribution in [0.4, 0.5) is 0 Å². The Morgan fingerprint density at radius 2 is 2.07 bits per heavy atom. The van der Waals surface area contributed by atoms with E-state index in [2.05, 4.69) is 30.6 Å². The topological polar surface area (TPSA) is 12.0 Å². The molecule has 0 bridgehead atoms. The van der Waals surface area contributed by atoms with Crippen LogP contribution in [-0.2, 0) is 12.0 Å². The second-order valence-electron chi connectivity index (χ2n) is 4.52. The van der Waals surface area contributed by atoms with Gasteiger partial charge in [0.05, 0.1) is 0 Å². The molecule has 0 saturated heterocycles. The highest BCUT2D eigenvalue weighted by molar-refractivity contribution is 7.10. The minimum Gasteiger partial charge on any atom is -0.307 e. The molecule has 0 aliphatic carbocycles. The number of rotatable bonds is 4. The fourth-order valence-electron chi connectivity index (χ4n) is 2.90. The molecule has 2 heteroatoms. The predicted molar refractivity (Wildman–Crippen MR) is 67.5 cm³/mol. The van der Waals surface area contributed by atoms with Crippen LogP contribution in [0.3, 0.4) is 0 Å². The highest BCUT2D eigenvalue weighted by Crippen LogP contribution is 2.38. The molecule has 2 rings (SSSR count). The zero-order valence-electron chi connectivity index (χ0n) is 9.81. The van der Waals surface area contributed by atoms with Crippen molar-refractivity contribution in [2.24, 2.45) is 0 Å². The number of hydrogen-bond donors (Lipinski definition) is 1. The maximum absolute atomic E-state index is 3.78. The Hall–Kier alpha value is -0.340. The van der Waals surface area contributed by atoms with Crippen molar-refractivity contribution in [2.75, 3.05) is 6.54 Å². The third kappa shape index (κ3) is 1.98. The minimum atomic E-state index is 0.303. The van der Waals surface area contributed by atoms with Crippen LogP contribution in [0.25, 0.3) is 0 Å². The Labute approximate surface area is 96.9 Å². The second kappa shape index (κ2) is 4.67. The van der Waals surface area contributed by atoms with E-state index in [0.717, 1.165) is 6.54 Å². The number of fused-ring (bicyclic) bond motifs is 1. The number of nitrogens with one attached hydrogen (secondary N) is 1. The summed E-state index contributed by atoms with van der Waals surface area (Å²) in [6.07, 6.45) is 6.32. The summed E-state index contributed by atoms with van der Waals surface area (Å²) in [6, 6.07) is 2.34. The molecule has 0 unspecified atom stereocenters.